The van der Waals surface area contributed by atoms with Crippen LogP contribution in [0.15, 0.2) is 24.3 Å². The second-order valence-electron chi connectivity index (χ2n) is 3.60. The SMILES string of the molecule is [CH2]Cc1cccc(NC(=O)CCCC)c1. The van der Waals surface area contributed by atoms with Crippen molar-refractivity contribution in [2.24, 2.45) is 0 Å². The van der Waals surface area contributed by atoms with Gasteiger partial charge in [-0.15, -0.1) is 0 Å². The van der Waals surface area contributed by atoms with E-state index in [0.29, 0.717) is 6.42 Å². The maximum Gasteiger partial charge on any atom is 0.224 e. The first kappa shape index (κ1) is 11.8. The molecular weight excluding hydrogens is 186 g/mol. The van der Waals surface area contributed by atoms with Crippen LogP contribution in [0.4, 0.5) is 5.69 Å². The Morgan fingerprint density at radius 1 is 1.47 bits per heavy atom. The average Bonchev–Trinajstić information content (AvgIpc) is 2.26. The van der Waals surface area contributed by atoms with E-state index in [1.807, 2.05) is 24.3 Å². The lowest BCUT2D eigenvalue weighted by atomic mass is 10.1. The Balaban J connectivity index is 2.52. The minimum atomic E-state index is 0.0954. The first-order chi connectivity index (χ1) is 7.26. The van der Waals surface area contributed by atoms with Gasteiger partial charge in [-0.2, -0.15) is 0 Å². The van der Waals surface area contributed by atoms with E-state index in [1.165, 1.54) is 0 Å². The van der Waals surface area contributed by atoms with E-state index >= 15 is 0 Å². The summed E-state index contributed by atoms with van der Waals surface area (Å²) in [7, 11) is 0. The zero-order valence-electron chi connectivity index (χ0n) is 9.25. The van der Waals surface area contributed by atoms with Crippen molar-refractivity contribution in [3.05, 3.63) is 36.8 Å². The van der Waals surface area contributed by atoms with Crippen LogP contribution in [0.1, 0.15) is 31.7 Å². The van der Waals surface area contributed by atoms with Gasteiger partial charge in [0.1, 0.15) is 0 Å². The maximum absolute atomic E-state index is 11.4. The highest BCUT2D eigenvalue weighted by molar-refractivity contribution is 5.90. The normalized spacial score (nSPS) is 10.0. The Morgan fingerprint density at radius 3 is 2.93 bits per heavy atom. The van der Waals surface area contributed by atoms with Crippen molar-refractivity contribution in [1.82, 2.24) is 0 Å². The molecule has 2 heteroatoms. The molecule has 0 aliphatic rings. The molecule has 0 fully saturated rings. The van der Waals surface area contributed by atoms with Crippen LogP contribution < -0.4 is 5.32 Å². The van der Waals surface area contributed by atoms with Crippen molar-refractivity contribution < 1.29 is 4.79 Å². The van der Waals surface area contributed by atoms with E-state index in [4.69, 9.17) is 0 Å². The van der Waals surface area contributed by atoms with E-state index < -0.39 is 0 Å². The van der Waals surface area contributed by atoms with Gasteiger partial charge in [-0.05, 0) is 37.5 Å². The summed E-state index contributed by atoms with van der Waals surface area (Å²) in [6, 6.07) is 7.82. The molecule has 81 valence electrons. The molecule has 0 bridgehead atoms. The lowest BCUT2D eigenvalue weighted by Gasteiger charge is -2.05. The molecule has 0 atom stereocenters. The zero-order chi connectivity index (χ0) is 11.1. The number of anilines is 1. The number of hydrogen-bond acceptors (Lipinski definition) is 1. The fourth-order valence-electron chi connectivity index (χ4n) is 1.37. The third kappa shape index (κ3) is 4.15. The van der Waals surface area contributed by atoms with Crippen molar-refractivity contribution in [3.8, 4) is 0 Å². The maximum atomic E-state index is 11.4. The molecule has 1 rings (SSSR count). The monoisotopic (exact) mass is 204 g/mol. The summed E-state index contributed by atoms with van der Waals surface area (Å²) in [6.07, 6.45) is 3.34. The molecule has 1 N–H and O–H groups in total. The summed E-state index contributed by atoms with van der Waals surface area (Å²) < 4.78 is 0. The minimum absolute atomic E-state index is 0.0954. The lowest BCUT2D eigenvalue weighted by molar-refractivity contribution is -0.116. The fraction of sp³-hybridized carbons (Fsp3) is 0.385. The molecule has 1 aromatic carbocycles. The van der Waals surface area contributed by atoms with Gasteiger partial charge in [0, 0.05) is 12.1 Å². The van der Waals surface area contributed by atoms with Gasteiger partial charge in [-0.1, -0.05) is 25.5 Å². The van der Waals surface area contributed by atoms with E-state index in [-0.39, 0.29) is 5.91 Å². The molecular formula is C13H18NO. The molecule has 0 heterocycles. The topological polar surface area (TPSA) is 29.1 Å². The summed E-state index contributed by atoms with van der Waals surface area (Å²) >= 11 is 0. The van der Waals surface area contributed by atoms with Gasteiger partial charge in [0.2, 0.25) is 5.91 Å². The number of amides is 1. The minimum Gasteiger partial charge on any atom is -0.326 e. The number of unbranched alkanes of at least 4 members (excludes halogenated alkanes) is 1. The van der Waals surface area contributed by atoms with Crippen LogP contribution in [0.5, 0.6) is 0 Å². The van der Waals surface area contributed by atoms with Gasteiger partial charge >= 0.3 is 0 Å². The predicted molar refractivity (Wildman–Crippen MR) is 63.7 cm³/mol. The largest absolute Gasteiger partial charge is 0.326 e. The molecule has 0 spiro atoms. The van der Waals surface area contributed by atoms with Crippen LogP contribution >= 0.6 is 0 Å². The Labute approximate surface area is 91.7 Å². The van der Waals surface area contributed by atoms with Crippen molar-refractivity contribution in [1.29, 1.82) is 0 Å². The van der Waals surface area contributed by atoms with Crippen LogP contribution in [-0.4, -0.2) is 5.91 Å². The highest BCUT2D eigenvalue weighted by Crippen LogP contribution is 2.11. The third-order valence-corrected chi connectivity index (χ3v) is 2.26. The smallest absolute Gasteiger partial charge is 0.224 e. The summed E-state index contributed by atoms with van der Waals surface area (Å²) in [5.41, 5.74) is 2.01. The first-order valence-corrected chi connectivity index (χ1v) is 5.44. The summed E-state index contributed by atoms with van der Waals surface area (Å²) in [5, 5.41) is 2.88. The molecule has 0 saturated heterocycles. The van der Waals surface area contributed by atoms with Crippen LogP contribution in [0.3, 0.4) is 0 Å². The van der Waals surface area contributed by atoms with Crippen molar-refractivity contribution >= 4 is 11.6 Å². The Morgan fingerprint density at radius 2 is 2.27 bits per heavy atom. The third-order valence-electron chi connectivity index (χ3n) is 2.26. The summed E-state index contributed by atoms with van der Waals surface area (Å²) in [6.45, 7) is 5.89. The Kier molecular flexibility index (Phi) is 4.88. The number of benzene rings is 1. The lowest BCUT2D eigenvalue weighted by Crippen LogP contribution is -2.10. The van der Waals surface area contributed by atoms with Crippen LogP contribution in [0, 0.1) is 6.92 Å². The Bertz CT molecular complexity index is 320. The van der Waals surface area contributed by atoms with E-state index in [0.717, 1.165) is 30.5 Å². The van der Waals surface area contributed by atoms with E-state index in [1.54, 1.807) is 0 Å². The van der Waals surface area contributed by atoms with Gasteiger partial charge < -0.3 is 5.32 Å². The van der Waals surface area contributed by atoms with Gasteiger partial charge in [0.05, 0.1) is 0 Å². The molecule has 15 heavy (non-hydrogen) atoms. The summed E-state index contributed by atoms with van der Waals surface area (Å²) in [4.78, 5) is 11.4. The highest BCUT2D eigenvalue weighted by atomic mass is 16.1. The molecule has 0 unspecified atom stereocenters. The second-order valence-corrected chi connectivity index (χ2v) is 3.60. The van der Waals surface area contributed by atoms with Crippen molar-refractivity contribution in [3.63, 3.8) is 0 Å². The standard InChI is InChI=1S/C13H18NO/c1-3-5-9-13(15)14-12-8-6-7-11(4-2)10-12/h6-8,10H,2-5,9H2,1H3,(H,14,15). The molecule has 0 aliphatic carbocycles. The van der Waals surface area contributed by atoms with E-state index in [2.05, 4.69) is 19.2 Å². The molecule has 1 radical (unpaired) electrons. The quantitative estimate of drug-likeness (QED) is 0.784. The molecule has 1 aromatic rings. The molecule has 0 aromatic heterocycles. The number of rotatable bonds is 5. The average molecular weight is 204 g/mol. The number of carbonyl (C=O) groups excluding carboxylic acids is 1. The number of nitrogens with one attached hydrogen (secondary N) is 1. The number of hydrogen-bond donors (Lipinski definition) is 1. The molecule has 0 aliphatic heterocycles. The van der Waals surface area contributed by atoms with E-state index in [9.17, 15) is 4.79 Å². The van der Waals surface area contributed by atoms with Gasteiger partial charge in [0.15, 0.2) is 0 Å². The van der Waals surface area contributed by atoms with Crippen LogP contribution in [0.25, 0.3) is 0 Å². The Hall–Kier alpha value is -1.31. The summed E-state index contributed by atoms with van der Waals surface area (Å²) in [5.74, 6) is 0.0954. The molecule has 1 amide bonds. The predicted octanol–water partition coefficient (Wildman–Crippen LogP) is 3.19. The van der Waals surface area contributed by atoms with Crippen LogP contribution in [-0.2, 0) is 11.2 Å². The van der Waals surface area contributed by atoms with Gasteiger partial charge in [0.25, 0.3) is 0 Å². The van der Waals surface area contributed by atoms with Gasteiger partial charge in [-0.3, -0.25) is 4.79 Å². The highest BCUT2D eigenvalue weighted by Gasteiger charge is 2.01. The number of carbonyl (C=O) groups is 1. The molecule has 2 nitrogen and oxygen atoms in total. The van der Waals surface area contributed by atoms with Crippen molar-refractivity contribution in [2.75, 3.05) is 5.32 Å². The zero-order valence-corrected chi connectivity index (χ0v) is 9.25. The van der Waals surface area contributed by atoms with Crippen molar-refractivity contribution in [2.45, 2.75) is 32.6 Å². The second kappa shape index (κ2) is 6.23. The van der Waals surface area contributed by atoms with Crippen LogP contribution in [0.2, 0.25) is 0 Å². The first-order valence-electron chi connectivity index (χ1n) is 5.44. The van der Waals surface area contributed by atoms with Gasteiger partial charge in [-0.25, -0.2) is 0 Å². The fourth-order valence-corrected chi connectivity index (χ4v) is 1.37. The molecule has 0 saturated carbocycles.